The fourth-order valence-electron chi connectivity index (χ4n) is 2.84. The highest BCUT2D eigenvalue weighted by molar-refractivity contribution is 8.03. The molecule has 0 aliphatic rings. The summed E-state index contributed by atoms with van der Waals surface area (Å²) in [6.07, 6.45) is 1.47. The normalized spacial score (nSPS) is 11.2. The second kappa shape index (κ2) is 10.0. The van der Waals surface area contributed by atoms with Crippen molar-refractivity contribution in [1.29, 1.82) is 0 Å². The molecule has 0 atom stereocenters. The number of aromatic carboxylic acids is 1. The SMILES string of the molecule is Cc1ccc(CS/C(=C/c2ccc(F)c([N+](=O)[O-])c2)C(=O)c2ccc(C(=O)O)cc2)cc1. The lowest BCUT2D eigenvalue weighted by atomic mass is 10.1. The average molecular weight is 451 g/mol. The Kier molecular flexibility index (Phi) is 7.17. The third-order valence-electron chi connectivity index (χ3n) is 4.60. The number of thioether (sulfide) groups is 1. The summed E-state index contributed by atoms with van der Waals surface area (Å²) < 4.78 is 13.7. The zero-order valence-electron chi connectivity index (χ0n) is 16.9. The second-order valence-electron chi connectivity index (χ2n) is 6.96. The van der Waals surface area contributed by atoms with Crippen LogP contribution in [0.2, 0.25) is 0 Å². The van der Waals surface area contributed by atoms with Gasteiger partial charge >= 0.3 is 11.7 Å². The van der Waals surface area contributed by atoms with E-state index in [2.05, 4.69) is 0 Å². The summed E-state index contributed by atoms with van der Waals surface area (Å²) in [5, 5.41) is 20.1. The Morgan fingerprint density at radius 1 is 1.03 bits per heavy atom. The highest BCUT2D eigenvalue weighted by Gasteiger charge is 2.17. The van der Waals surface area contributed by atoms with E-state index in [-0.39, 0.29) is 21.8 Å². The number of nitro benzene ring substituents is 1. The zero-order chi connectivity index (χ0) is 23.3. The van der Waals surface area contributed by atoms with E-state index in [1.807, 2.05) is 31.2 Å². The lowest BCUT2D eigenvalue weighted by molar-refractivity contribution is -0.387. The summed E-state index contributed by atoms with van der Waals surface area (Å²) in [4.78, 5) is 34.7. The summed E-state index contributed by atoms with van der Waals surface area (Å²) in [5.74, 6) is -1.97. The summed E-state index contributed by atoms with van der Waals surface area (Å²) in [5.41, 5.74) is 2.02. The smallest absolute Gasteiger partial charge is 0.335 e. The molecule has 0 bridgehead atoms. The quantitative estimate of drug-likeness (QED) is 0.198. The molecule has 0 aromatic heterocycles. The van der Waals surface area contributed by atoms with Crippen LogP contribution >= 0.6 is 11.8 Å². The van der Waals surface area contributed by atoms with Gasteiger partial charge in [0.05, 0.1) is 15.4 Å². The van der Waals surface area contributed by atoms with Crippen LogP contribution in [-0.4, -0.2) is 21.8 Å². The van der Waals surface area contributed by atoms with Crippen molar-refractivity contribution in [3.8, 4) is 0 Å². The van der Waals surface area contributed by atoms with E-state index in [4.69, 9.17) is 5.11 Å². The van der Waals surface area contributed by atoms with Crippen molar-refractivity contribution in [1.82, 2.24) is 0 Å². The largest absolute Gasteiger partial charge is 0.478 e. The van der Waals surface area contributed by atoms with Gasteiger partial charge in [-0.05, 0) is 42.3 Å². The van der Waals surface area contributed by atoms with Crippen LogP contribution in [0.5, 0.6) is 0 Å². The van der Waals surface area contributed by atoms with Gasteiger partial charge in [0, 0.05) is 17.4 Å². The van der Waals surface area contributed by atoms with Crippen LogP contribution in [0.3, 0.4) is 0 Å². The number of aryl methyl sites for hydroxylation is 1. The summed E-state index contributed by atoms with van der Waals surface area (Å²) in [6.45, 7) is 1.97. The van der Waals surface area contributed by atoms with Gasteiger partial charge in [-0.2, -0.15) is 4.39 Å². The van der Waals surface area contributed by atoms with Crippen LogP contribution in [0.15, 0.2) is 71.6 Å². The number of benzene rings is 3. The molecular weight excluding hydrogens is 433 g/mol. The molecule has 0 fully saturated rings. The number of carbonyl (C=O) groups is 2. The minimum atomic E-state index is -1.10. The lowest BCUT2D eigenvalue weighted by Gasteiger charge is -2.09. The van der Waals surface area contributed by atoms with E-state index in [1.54, 1.807) is 0 Å². The van der Waals surface area contributed by atoms with Gasteiger partial charge in [0.15, 0.2) is 5.78 Å². The molecule has 3 aromatic carbocycles. The van der Waals surface area contributed by atoms with Gasteiger partial charge in [-0.1, -0.05) is 48.0 Å². The fraction of sp³-hybridized carbons (Fsp3) is 0.0833. The molecule has 32 heavy (non-hydrogen) atoms. The van der Waals surface area contributed by atoms with Gasteiger partial charge < -0.3 is 5.11 Å². The molecule has 162 valence electrons. The molecule has 0 amide bonds. The molecule has 0 spiro atoms. The molecule has 0 aliphatic carbocycles. The molecule has 0 saturated carbocycles. The van der Waals surface area contributed by atoms with Crippen LogP contribution in [0, 0.1) is 22.9 Å². The van der Waals surface area contributed by atoms with Gasteiger partial charge in [-0.3, -0.25) is 14.9 Å². The summed E-state index contributed by atoms with van der Waals surface area (Å²) >= 11 is 1.24. The van der Waals surface area contributed by atoms with Gasteiger partial charge in [-0.25, -0.2) is 4.79 Å². The molecule has 8 heteroatoms. The number of halogens is 1. The fourth-order valence-corrected chi connectivity index (χ4v) is 3.82. The number of carboxylic acid groups (broad SMARTS) is 1. The predicted molar refractivity (Wildman–Crippen MR) is 121 cm³/mol. The number of hydrogen-bond acceptors (Lipinski definition) is 5. The van der Waals surface area contributed by atoms with Crippen LogP contribution < -0.4 is 0 Å². The van der Waals surface area contributed by atoms with Crippen LogP contribution in [0.1, 0.15) is 37.4 Å². The van der Waals surface area contributed by atoms with Crippen molar-refractivity contribution in [2.24, 2.45) is 0 Å². The molecule has 0 saturated heterocycles. The molecule has 0 heterocycles. The van der Waals surface area contributed by atoms with Crippen molar-refractivity contribution in [2.45, 2.75) is 12.7 Å². The lowest BCUT2D eigenvalue weighted by Crippen LogP contribution is -2.03. The standard InChI is InChI=1S/C24H18FNO5S/c1-15-2-4-16(5-3-15)14-32-22(13-17-6-11-20(25)21(12-17)26(30)31)23(27)18-7-9-19(10-8-18)24(28)29/h2-13H,14H2,1H3,(H,28,29)/b22-13+. The van der Waals surface area contributed by atoms with Crippen LogP contribution in [-0.2, 0) is 5.75 Å². The topological polar surface area (TPSA) is 97.5 Å². The van der Waals surface area contributed by atoms with Crippen molar-refractivity contribution >= 4 is 35.3 Å². The highest BCUT2D eigenvalue weighted by atomic mass is 32.2. The predicted octanol–water partition coefficient (Wildman–Crippen LogP) is 5.90. The molecule has 3 rings (SSSR count). The molecule has 0 aliphatic heterocycles. The first-order valence-electron chi connectivity index (χ1n) is 9.46. The van der Waals surface area contributed by atoms with E-state index in [1.165, 1.54) is 48.2 Å². The summed E-state index contributed by atoms with van der Waals surface area (Å²) in [6, 6.07) is 16.7. The highest BCUT2D eigenvalue weighted by Crippen LogP contribution is 2.29. The summed E-state index contributed by atoms with van der Waals surface area (Å²) in [7, 11) is 0. The minimum absolute atomic E-state index is 0.0496. The van der Waals surface area contributed by atoms with E-state index in [0.29, 0.717) is 11.3 Å². The number of ketones is 1. The van der Waals surface area contributed by atoms with E-state index in [0.717, 1.165) is 23.3 Å². The first-order chi connectivity index (χ1) is 15.2. The zero-order valence-corrected chi connectivity index (χ0v) is 17.8. The Morgan fingerprint density at radius 2 is 1.66 bits per heavy atom. The van der Waals surface area contributed by atoms with E-state index >= 15 is 0 Å². The van der Waals surface area contributed by atoms with Crippen molar-refractivity contribution in [3.63, 3.8) is 0 Å². The molecule has 3 aromatic rings. The van der Waals surface area contributed by atoms with Crippen LogP contribution in [0.25, 0.3) is 6.08 Å². The number of hydrogen-bond donors (Lipinski definition) is 1. The molecule has 1 N–H and O–H groups in total. The maximum Gasteiger partial charge on any atom is 0.335 e. The first kappa shape index (κ1) is 22.9. The maximum atomic E-state index is 13.7. The number of nitrogens with zero attached hydrogens (tertiary/aromatic N) is 1. The Labute approximate surface area is 187 Å². The van der Waals surface area contributed by atoms with Crippen molar-refractivity contribution in [2.75, 3.05) is 0 Å². The second-order valence-corrected chi connectivity index (χ2v) is 7.98. The van der Waals surface area contributed by atoms with Gasteiger partial charge in [0.25, 0.3) is 0 Å². The maximum absolute atomic E-state index is 13.7. The Balaban J connectivity index is 1.96. The first-order valence-corrected chi connectivity index (χ1v) is 10.4. The van der Waals surface area contributed by atoms with Crippen molar-refractivity contribution in [3.05, 3.63) is 115 Å². The Bertz CT molecular complexity index is 1200. The number of nitro groups is 1. The Hall–Kier alpha value is -3.78. The minimum Gasteiger partial charge on any atom is -0.478 e. The van der Waals surface area contributed by atoms with Crippen LogP contribution in [0.4, 0.5) is 10.1 Å². The Morgan fingerprint density at radius 3 is 2.25 bits per heavy atom. The molecule has 6 nitrogen and oxygen atoms in total. The van der Waals surface area contributed by atoms with E-state index in [9.17, 15) is 24.1 Å². The van der Waals surface area contributed by atoms with Crippen molar-refractivity contribution < 1.29 is 24.0 Å². The number of rotatable bonds is 8. The molecule has 0 radical (unpaired) electrons. The van der Waals surface area contributed by atoms with Gasteiger partial charge in [0.1, 0.15) is 0 Å². The molecule has 0 unspecified atom stereocenters. The molecular formula is C24H18FNO5S. The van der Waals surface area contributed by atoms with E-state index < -0.39 is 22.4 Å². The number of carboxylic acids is 1. The third kappa shape index (κ3) is 5.67. The monoisotopic (exact) mass is 451 g/mol. The number of allylic oxidation sites excluding steroid dienone is 1. The average Bonchev–Trinajstić information content (AvgIpc) is 2.78. The number of Topliss-reactive ketones (excluding diaryl/α,β-unsaturated/α-hetero) is 1. The number of carbonyl (C=O) groups excluding carboxylic acids is 1. The van der Waals surface area contributed by atoms with Gasteiger partial charge in [0.2, 0.25) is 5.82 Å². The third-order valence-corrected chi connectivity index (χ3v) is 5.69. The van der Waals surface area contributed by atoms with Gasteiger partial charge in [-0.15, -0.1) is 11.8 Å².